The van der Waals surface area contributed by atoms with Crippen LogP contribution in [-0.2, 0) is 9.59 Å². The molecule has 0 saturated carbocycles. The lowest BCUT2D eigenvalue weighted by Crippen LogP contribution is -2.43. The quantitative estimate of drug-likeness (QED) is 0.477. The molecule has 0 rings (SSSR count). The molecule has 0 aliphatic carbocycles. The number of halogens is 3. The third kappa shape index (κ3) is 7.47. The average molecular weight is 303 g/mol. The number of ketones is 1. The van der Waals surface area contributed by atoms with E-state index in [1.807, 2.05) is 0 Å². The van der Waals surface area contributed by atoms with Crippen LogP contribution in [0.15, 0.2) is 11.8 Å². The molecule has 0 saturated heterocycles. The van der Waals surface area contributed by atoms with Gasteiger partial charge in [0.2, 0.25) is 9.70 Å². The second kappa shape index (κ2) is 5.94. The fraction of sp³-hybridized carbons (Fsp3) is 0.600. The smallest absolute Gasteiger partial charge is 0.247 e. The maximum atomic E-state index is 11.5. The van der Waals surface area contributed by atoms with Crippen molar-refractivity contribution in [2.75, 3.05) is 0 Å². The van der Waals surface area contributed by atoms with Gasteiger partial charge in [0.05, 0.1) is 0 Å². The van der Waals surface area contributed by atoms with Crippen molar-refractivity contribution in [3.05, 3.63) is 11.8 Å². The summed E-state index contributed by atoms with van der Waals surface area (Å²) in [7, 11) is 0. The van der Waals surface area contributed by atoms with Crippen LogP contribution in [0.4, 0.5) is 0 Å². The number of hydrogen-bond acceptors (Lipinski definition) is 3. The van der Waals surface area contributed by atoms with Gasteiger partial charge in [-0.1, -0.05) is 34.8 Å². The molecule has 0 bridgehead atoms. The maximum absolute atomic E-state index is 11.5. The summed E-state index contributed by atoms with van der Waals surface area (Å²) in [6.45, 7) is 4.69. The van der Waals surface area contributed by atoms with Gasteiger partial charge >= 0.3 is 0 Å². The highest BCUT2D eigenvalue weighted by molar-refractivity contribution is 6.69. The van der Waals surface area contributed by atoms with Crippen molar-refractivity contribution in [1.82, 2.24) is 5.32 Å². The number of carbonyl (C=O) groups is 2. The monoisotopic (exact) mass is 301 g/mol. The minimum atomic E-state index is -2.02. The fourth-order valence-electron chi connectivity index (χ4n) is 1.24. The first-order valence-electron chi connectivity index (χ1n) is 4.73. The second-order valence-corrected chi connectivity index (χ2v) is 6.52. The molecule has 0 atom stereocenters. The molecule has 0 fully saturated rings. The third-order valence-electron chi connectivity index (χ3n) is 1.72. The van der Waals surface area contributed by atoms with E-state index >= 15 is 0 Å². The number of nitrogens with one attached hydrogen (secondary N) is 1. The third-order valence-corrected chi connectivity index (χ3v) is 2.30. The number of amides is 1. The summed E-state index contributed by atoms with van der Waals surface area (Å²) in [5, 5.41) is 11.9. The van der Waals surface area contributed by atoms with E-state index in [1.54, 1.807) is 13.8 Å². The first kappa shape index (κ1) is 16.6. The summed E-state index contributed by atoms with van der Waals surface area (Å²) in [5.41, 5.74) is -0.729. The van der Waals surface area contributed by atoms with Crippen LogP contribution in [-0.4, -0.2) is 26.1 Å². The Morgan fingerprint density at radius 3 is 2.12 bits per heavy atom. The fourth-order valence-corrected chi connectivity index (χ4v) is 1.41. The van der Waals surface area contributed by atoms with Gasteiger partial charge in [0.15, 0.2) is 5.78 Å². The molecule has 1 amide bonds. The molecule has 0 unspecified atom stereocenters. The van der Waals surface area contributed by atoms with Crippen molar-refractivity contribution in [3.8, 4) is 0 Å². The lowest BCUT2D eigenvalue weighted by Gasteiger charge is -2.24. The SMILES string of the molecule is CC(=O)NC(C)(C)CC(=O)/C=C(\O)C(Cl)(Cl)Cl. The normalized spacial score (nSPS) is 13.4. The number of aliphatic hydroxyl groups is 1. The molecule has 0 aromatic carbocycles. The van der Waals surface area contributed by atoms with Crippen LogP contribution in [0.25, 0.3) is 0 Å². The van der Waals surface area contributed by atoms with Gasteiger partial charge in [-0.3, -0.25) is 9.59 Å². The first-order valence-corrected chi connectivity index (χ1v) is 5.87. The Hall–Kier alpha value is -0.450. The Balaban J connectivity index is 4.62. The van der Waals surface area contributed by atoms with E-state index in [0.717, 1.165) is 6.08 Å². The molecular weight excluding hydrogens is 288 g/mol. The number of aliphatic hydroxyl groups excluding tert-OH is 1. The van der Waals surface area contributed by atoms with Crippen LogP contribution < -0.4 is 5.32 Å². The van der Waals surface area contributed by atoms with Crippen LogP contribution >= 0.6 is 34.8 Å². The molecule has 0 heterocycles. The van der Waals surface area contributed by atoms with Gasteiger partial charge < -0.3 is 10.4 Å². The highest BCUT2D eigenvalue weighted by Crippen LogP contribution is 2.32. The Morgan fingerprint density at radius 1 is 1.29 bits per heavy atom. The zero-order valence-electron chi connectivity index (χ0n) is 9.68. The van der Waals surface area contributed by atoms with Gasteiger partial charge in [0.25, 0.3) is 0 Å². The summed E-state index contributed by atoms with van der Waals surface area (Å²) < 4.78 is -2.02. The minimum absolute atomic E-state index is 0.0165. The predicted molar refractivity (Wildman–Crippen MR) is 68.5 cm³/mol. The minimum Gasteiger partial charge on any atom is -0.508 e. The molecule has 0 aromatic rings. The largest absolute Gasteiger partial charge is 0.508 e. The van der Waals surface area contributed by atoms with Crippen LogP contribution in [0.2, 0.25) is 0 Å². The Kier molecular flexibility index (Phi) is 5.78. The van der Waals surface area contributed by atoms with Crippen LogP contribution in [0.3, 0.4) is 0 Å². The van der Waals surface area contributed by atoms with E-state index in [0.29, 0.717) is 0 Å². The molecule has 0 aliphatic rings. The highest BCUT2D eigenvalue weighted by Gasteiger charge is 2.28. The number of carbonyl (C=O) groups excluding carboxylic acids is 2. The van der Waals surface area contributed by atoms with Gasteiger partial charge in [-0.25, -0.2) is 0 Å². The molecule has 0 radical (unpaired) electrons. The van der Waals surface area contributed by atoms with Crippen LogP contribution in [0, 0.1) is 0 Å². The van der Waals surface area contributed by atoms with Crippen LogP contribution in [0.5, 0.6) is 0 Å². The summed E-state index contributed by atoms with van der Waals surface area (Å²) in [5.74, 6) is -1.35. The number of alkyl halides is 3. The van der Waals surface area contributed by atoms with Crippen molar-refractivity contribution < 1.29 is 14.7 Å². The van der Waals surface area contributed by atoms with Crippen molar-refractivity contribution in [1.29, 1.82) is 0 Å². The van der Waals surface area contributed by atoms with E-state index in [1.165, 1.54) is 6.92 Å². The van der Waals surface area contributed by atoms with Gasteiger partial charge in [0.1, 0.15) is 5.76 Å². The maximum Gasteiger partial charge on any atom is 0.247 e. The predicted octanol–water partition coefficient (Wildman–Crippen LogP) is 2.67. The summed E-state index contributed by atoms with van der Waals surface area (Å²) >= 11 is 16.1. The topological polar surface area (TPSA) is 66.4 Å². The summed E-state index contributed by atoms with van der Waals surface area (Å²) in [6, 6.07) is 0. The molecular formula is C10H14Cl3NO3. The van der Waals surface area contributed by atoms with Gasteiger partial charge in [0, 0.05) is 25.0 Å². The van der Waals surface area contributed by atoms with Crippen molar-refractivity contribution in [2.45, 2.75) is 36.5 Å². The number of hydrogen-bond donors (Lipinski definition) is 2. The molecule has 0 aromatic heterocycles. The van der Waals surface area contributed by atoms with Crippen molar-refractivity contribution in [2.24, 2.45) is 0 Å². The number of rotatable bonds is 4. The van der Waals surface area contributed by atoms with E-state index < -0.39 is 20.9 Å². The zero-order valence-corrected chi connectivity index (χ0v) is 11.9. The highest BCUT2D eigenvalue weighted by atomic mass is 35.6. The van der Waals surface area contributed by atoms with Gasteiger partial charge in [-0.2, -0.15) is 0 Å². The zero-order chi connectivity index (χ0) is 13.9. The van der Waals surface area contributed by atoms with E-state index in [2.05, 4.69) is 5.32 Å². The van der Waals surface area contributed by atoms with E-state index in [9.17, 15) is 14.7 Å². The first-order chi connectivity index (χ1) is 7.44. The van der Waals surface area contributed by atoms with E-state index in [-0.39, 0.29) is 12.3 Å². The molecule has 17 heavy (non-hydrogen) atoms. The standard InChI is InChI=1S/C10H14Cl3NO3/c1-6(15)14-9(2,3)5-7(16)4-8(17)10(11,12)13/h4,17H,5H2,1-3H3,(H,14,15)/b8-4-. The lowest BCUT2D eigenvalue weighted by molar-refractivity contribution is -0.121. The molecule has 98 valence electrons. The van der Waals surface area contributed by atoms with Crippen molar-refractivity contribution in [3.63, 3.8) is 0 Å². The molecule has 4 nitrogen and oxygen atoms in total. The summed E-state index contributed by atoms with van der Waals surface area (Å²) in [6.07, 6.45) is 0.827. The second-order valence-electron chi connectivity index (χ2n) is 4.24. The molecule has 0 spiro atoms. The Labute approximate surface area is 115 Å². The molecule has 7 heteroatoms. The Bertz CT molecular complexity index is 345. The van der Waals surface area contributed by atoms with E-state index in [4.69, 9.17) is 34.8 Å². The van der Waals surface area contributed by atoms with Crippen LogP contribution in [0.1, 0.15) is 27.2 Å². The molecule has 2 N–H and O–H groups in total. The average Bonchev–Trinajstić information content (AvgIpc) is 1.96. The lowest BCUT2D eigenvalue weighted by atomic mass is 9.97. The van der Waals surface area contributed by atoms with Gasteiger partial charge in [-0.15, -0.1) is 0 Å². The number of allylic oxidation sites excluding steroid dienone is 2. The van der Waals surface area contributed by atoms with Crippen molar-refractivity contribution >= 4 is 46.5 Å². The summed E-state index contributed by atoms with van der Waals surface area (Å²) in [4.78, 5) is 22.4. The molecule has 0 aliphatic heterocycles. The van der Waals surface area contributed by atoms with Gasteiger partial charge in [-0.05, 0) is 13.8 Å². The Morgan fingerprint density at radius 2 is 1.76 bits per heavy atom.